The van der Waals surface area contributed by atoms with Gasteiger partial charge in [-0.15, -0.1) is 0 Å². The van der Waals surface area contributed by atoms with E-state index in [4.69, 9.17) is 9.47 Å². The number of hydrogen-bond acceptors (Lipinski definition) is 5. The third-order valence-electron chi connectivity index (χ3n) is 8.28. The van der Waals surface area contributed by atoms with Gasteiger partial charge in [-0.2, -0.15) is 0 Å². The number of rotatable bonds is 6. The van der Waals surface area contributed by atoms with E-state index in [-0.39, 0.29) is 30.6 Å². The minimum Gasteiger partial charge on any atom is -0.462 e. The van der Waals surface area contributed by atoms with Crippen molar-refractivity contribution in [2.75, 3.05) is 0 Å². The molecule has 3 fully saturated rings. The molecule has 5 nitrogen and oxygen atoms in total. The van der Waals surface area contributed by atoms with Gasteiger partial charge < -0.3 is 14.6 Å². The van der Waals surface area contributed by atoms with Crippen molar-refractivity contribution >= 4 is 11.9 Å². The van der Waals surface area contributed by atoms with Crippen LogP contribution in [0.2, 0.25) is 0 Å². The summed E-state index contributed by atoms with van der Waals surface area (Å²) >= 11 is 0. The molecule has 1 saturated heterocycles. The molecular weight excluding hydrogens is 380 g/mol. The third kappa shape index (κ3) is 5.38. The van der Waals surface area contributed by atoms with Crippen LogP contribution in [0.3, 0.4) is 0 Å². The molecule has 0 unspecified atom stereocenters. The highest BCUT2D eigenvalue weighted by Crippen LogP contribution is 2.51. The molecule has 0 aromatic rings. The van der Waals surface area contributed by atoms with Crippen LogP contribution in [-0.2, 0) is 19.1 Å². The average Bonchev–Trinajstić information content (AvgIpc) is 2.66. The highest BCUT2D eigenvalue weighted by molar-refractivity contribution is 5.76. The monoisotopic (exact) mass is 422 g/mol. The number of aliphatic hydroxyl groups excluding tert-OH is 1. The first-order chi connectivity index (χ1) is 14.1. The third-order valence-corrected chi connectivity index (χ3v) is 8.28. The number of carbonyl (C=O) groups is 2. The first-order valence-electron chi connectivity index (χ1n) is 12.2. The maximum absolute atomic E-state index is 12.9. The van der Waals surface area contributed by atoms with E-state index >= 15 is 0 Å². The zero-order valence-electron chi connectivity index (χ0n) is 19.6. The second kappa shape index (κ2) is 9.58. The molecule has 0 amide bonds. The highest BCUT2D eigenvalue weighted by Gasteiger charge is 2.47. The standard InChI is InChI=1S/C25H42O5/c1-6-25(4,5)24(28)30-21-12-15(2)11-17-8-7-16(3)20(23(17)21)10-9-19-13-18(26)14-22(27)29-19/h15-21,23,26H,6-14H2,1-5H3/t15-,16+,17+,18-,19-,20+,21+,23+/m1/s1. The molecule has 3 aliphatic rings. The van der Waals surface area contributed by atoms with Gasteiger partial charge in [0.05, 0.1) is 17.9 Å². The maximum atomic E-state index is 12.9. The van der Waals surface area contributed by atoms with E-state index in [0.29, 0.717) is 36.0 Å². The van der Waals surface area contributed by atoms with Crippen molar-refractivity contribution in [1.29, 1.82) is 0 Å². The molecular formula is C25H42O5. The van der Waals surface area contributed by atoms with Gasteiger partial charge in [0.25, 0.3) is 0 Å². The van der Waals surface area contributed by atoms with Crippen LogP contribution in [0, 0.1) is 35.0 Å². The molecule has 1 N–H and O–H groups in total. The first kappa shape index (κ1) is 23.6. The lowest BCUT2D eigenvalue weighted by atomic mass is 9.58. The van der Waals surface area contributed by atoms with Crippen LogP contribution in [0.4, 0.5) is 0 Å². The molecule has 0 spiro atoms. The lowest BCUT2D eigenvalue weighted by Gasteiger charge is -2.50. The SMILES string of the molecule is CCC(C)(C)C(=O)O[C@H]1C[C@H](C)C[C@@H]2CC[C@H](C)[C@H](CC[C@@H]3C[C@@H](O)CC(=O)O3)[C@H]21. The summed E-state index contributed by atoms with van der Waals surface area (Å²) in [6.45, 7) is 10.6. The van der Waals surface area contributed by atoms with E-state index in [1.807, 2.05) is 20.8 Å². The second-order valence-corrected chi connectivity index (χ2v) is 11.1. The Morgan fingerprint density at radius 3 is 2.57 bits per heavy atom. The van der Waals surface area contributed by atoms with E-state index in [0.717, 1.165) is 25.7 Å². The minimum absolute atomic E-state index is 0.00989. The smallest absolute Gasteiger partial charge is 0.311 e. The van der Waals surface area contributed by atoms with E-state index < -0.39 is 11.5 Å². The number of aliphatic hydroxyl groups is 1. The average molecular weight is 423 g/mol. The van der Waals surface area contributed by atoms with Gasteiger partial charge >= 0.3 is 11.9 Å². The summed E-state index contributed by atoms with van der Waals surface area (Å²) in [6.07, 6.45) is 7.02. The molecule has 30 heavy (non-hydrogen) atoms. The molecule has 2 saturated carbocycles. The number of ether oxygens (including phenoxy) is 2. The summed E-state index contributed by atoms with van der Waals surface area (Å²) in [5.74, 6) is 2.28. The lowest BCUT2D eigenvalue weighted by molar-refractivity contribution is -0.174. The summed E-state index contributed by atoms with van der Waals surface area (Å²) in [7, 11) is 0. The van der Waals surface area contributed by atoms with Crippen LogP contribution >= 0.6 is 0 Å². The Hall–Kier alpha value is -1.10. The predicted octanol–water partition coefficient (Wildman–Crippen LogP) is 4.89. The van der Waals surface area contributed by atoms with Crippen LogP contribution < -0.4 is 0 Å². The highest BCUT2D eigenvalue weighted by atomic mass is 16.6. The van der Waals surface area contributed by atoms with Gasteiger partial charge in [-0.1, -0.05) is 27.2 Å². The molecule has 5 heteroatoms. The number of cyclic esters (lactones) is 1. The molecule has 0 bridgehead atoms. The fraction of sp³-hybridized carbons (Fsp3) is 0.920. The zero-order chi connectivity index (χ0) is 22.1. The Bertz CT molecular complexity index is 615. The summed E-state index contributed by atoms with van der Waals surface area (Å²) < 4.78 is 11.7. The summed E-state index contributed by atoms with van der Waals surface area (Å²) in [4.78, 5) is 24.6. The fourth-order valence-electron chi connectivity index (χ4n) is 6.09. The number of esters is 2. The number of fused-ring (bicyclic) bond motifs is 1. The molecule has 2 aliphatic carbocycles. The predicted molar refractivity (Wildman–Crippen MR) is 116 cm³/mol. The van der Waals surface area contributed by atoms with Crippen molar-refractivity contribution in [3.05, 3.63) is 0 Å². The number of carbonyl (C=O) groups excluding carboxylic acids is 2. The quantitative estimate of drug-likeness (QED) is 0.617. The fourth-order valence-corrected chi connectivity index (χ4v) is 6.09. The molecule has 3 rings (SSSR count). The van der Waals surface area contributed by atoms with Gasteiger partial charge in [0.15, 0.2) is 0 Å². The van der Waals surface area contributed by atoms with Crippen LogP contribution in [0.25, 0.3) is 0 Å². The summed E-state index contributed by atoms with van der Waals surface area (Å²) in [5.41, 5.74) is -0.446. The van der Waals surface area contributed by atoms with Crippen molar-refractivity contribution in [1.82, 2.24) is 0 Å². The van der Waals surface area contributed by atoms with E-state index in [2.05, 4.69) is 13.8 Å². The van der Waals surface area contributed by atoms with Crippen molar-refractivity contribution in [2.45, 2.75) is 111 Å². The van der Waals surface area contributed by atoms with Gasteiger partial charge in [-0.25, -0.2) is 0 Å². The van der Waals surface area contributed by atoms with Crippen LogP contribution in [0.1, 0.15) is 92.4 Å². The Labute approximate surface area is 182 Å². The molecule has 1 aliphatic heterocycles. The topological polar surface area (TPSA) is 72.8 Å². The Morgan fingerprint density at radius 2 is 1.90 bits per heavy atom. The Kier molecular flexibility index (Phi) is 7.53. The van der Waals surface area contributed by atoms with E-state index in [1.54, 1.807) is 0 Å². The second-order valence-electron chi connectivity index (χ2n) is 11.1. The molecule has 0 aromatic heterocycles. The van der Waals surface area contributed by atoms with Crippen LogP contribution in [-0.4, -0.2) is 35.4 Å². The Morgan fingerprint density at radius 1 is 1.17 bits per heavy atom. The van der Waals surface area contributed by atoms with Gasteiger partial charge in [0, 0.05) is 12.3 Å². The number of hydrogen-bond donors (Lipinski definition) is 1. The van der Waals surface area contributed by atoms with Gasteiger partial charge in [0.2, 0.25) is 0 Å². The van der Waals surface area contributed by atoms with Gasteiger partial charge in [0.1, 0.15) is 12.2 Å². The summed E-state index contributed by atoms with van der Waals surface area (Å²) in [6, 6.07) is 0. The maximum Gasteiger partial charge on any atom is 0.311 e. The molecule has 1 heterocycles. The first-order valence-corrected chi connectivity index (χ1v) is 12.2. The molecule has 0 radical (unpaired) electrons. The van der Waals surface area contributed by atoms with Crippen LogP contribution in [0.5, 0.6) is 0 Å². The van der Waals surface area contributed by atoms with E-state index in [1.165, 1.54) is 19.3 Å². The Balaban J connectivity index is 1.72. The molecule has 8 atom stereocenters. The van der Waals surface area contributed by atoms with Gasteiger partial charge in [-0.3, -0.25) is 9.59 Å². The zero-order valence-corrected chi connectivity index (χ0v) is 19.6. The molecule has 172 valence electrons. The summed E-state index contributed by atoms with van der Waals surface area (Å²) in [5, 5.41) is 9.94. The molecule has 0 aromatic carbocycles. The van der Waals surface area contributed by atoms with Crippen molar-refractivity contribution in [2.24, 2.45) is 35.0 Å². The van der Waals surface area contributed by atoms with Crippen LogP contribution in [0.15, 0.2) is 0 Å². The lowest BCUT2D eigenvalue weighted by Crippen LogP contribution is -2.48. The minimum atomic E-state index is -0.576. The normalized spacial score (nSPS) is 39.7. The van der Waals surface area contributed by atoms with E-state index in [9.17, 15) is 14.7 Å². The largest absolute Gasteiger partial charge is 0.462 e. The van der Waals surface area contributed by atoms with Crippen molar-refractivity contribution in [3.63, 3.8) is 0 Å². The van der Waals surface area contributed by atoms with Gasteiger partial charge in [-0.05, 0) is 76.0 Å². The van der Waals surface area contributed by atoms with Crippen molar-refractivity contribution < 1.29 is 24.2 Å². The van der Waals surface area contributed by atoms with Crippen molar-refractivity contribution in [3.8, 4) is 0 Å².